The van der Waals surface area contributed by atoms with E-state index in [2.05, 4.69) is 5.32 Å². The van der Waals surface area contributed by atoms with Crippen molar-refractivity contribution in [2.75, 3.05) is 19.0 Å². The molecule has 7 heteroatoms. The first-order valence-corrected chi connectivity index (χ1v) is 10.3. The van der Waals surface area contributed by atoms with Crippen molar-refractivity contribution in [3.8, 4) is 5.75 Å². The molecule has 0 unspecified atom stereocenters. The summed E-state index contributed by atoms with van der Waals surface area (Å²) in [6.07, 6.45) is 6.39. The average molecular weight is 366 g/mol. The number of benzene rings is 1. The molecule has 1 heterocycles. The van der Waals surface area contributed by atoms with E-state index in [4.69, 9.17) is 4.74 Å². The van der Waals surface area contributed by atoms with Crippen molar-refractivity contribution in [2.45, 2.75) is 56.4 Å². The van der Waals surface area contributed by atoms with Crippen LogP contribution in [0.3, 0.4) is 0 Å². The van der Waals surface area contributed by atoms with Crippen LogP contribution < -0.4 is 10.1 Å². The number of carbonyl (C=O) groups excluding carboxylic acids is 1. The minimum Gasteiger partial charge on any atom is -0.495 e. The molecule has 1 aromatic carbocycles. The van der Waals surface area contributed by atoms with Gasteiger partial charge in [-0.15, -0.1) is 0 Å². The highest BCUT2D eigenvalue weighted by atomic mass is 32.2. The van der Waals surface area contributed by atoms with Crippen LogP contribution in [-0.2, 0) is 14.8 Å². The number of rotatable bonds is 4. The molecular formula is C18H26N2O4S. The number of fused-ring (bicyclic) bond motifs is 1. The summed E-state index contributed by atoms with van der Waals surface area (Å²) in [6.45, 7) is 1.96. The Morgan fingerprint density at radius 3 is 2.64 bits per heavy atom. The molecule has 0 bridgehead atoms. The third-order valence-corrected chi connectivity index (χ3v) is 7.20. The van der Waals surface area contributed by atoms with Crippen molar-refractivity contribution in [2.24, 2.45) is 5.92 Å². The van der Waals surface area contributed by atoms with Crippen LogP contribution >= 0.6 is 0 Å². The second-order valence-electron chi connectivity index (χ2n) is 6.91. The van der Waals surface area contributed by atoms with E-state index in [1.165, 1.54) is 26.5 Å². The number of anilines is 1. The fourth-order valence-corrected chi connectivity index (χ4v) is 5.93. The molecule has 1 aliphatic carbocycles. The number of hydrogen-bond acceptors (Lipinski definition) is 4. The van der Waals surface area contributed by atoms with Gasteiger partial charge in [-0.2, -0.15) is 4.31 Å². The predicted molar refractivity (Wildman–Crippen MR) is 96.2 cm³/mol. The van der Waals surface area contributed by atoms with Gasteiger partial charge in [0.1, 0.15) is 5.75 Å². The van der Waals surface area contributed by atoms with E-state index >= 15 is 0 Å². The van der Waals surface area contributed by atoms with Crippen molar-refractivity contribution in [1.29, 1.82) is 0 Å². The Morgan fingerprint density at radius 1 is 1.20 bits per heavy atom. The lowest BCUT2D eigenvalue weighted by atomic mass is 9.79. The molecule has 1 aromatic rings. The van der Waals surface area contributed by atoms with Crippen molar-refractivity contribution in [1.82, 2.24) is 4.31 Å². The van der Waals surface area contributed by atoms with Gasteiger partial charge < -0.3 is 10.1 Å². The van der Waals surface area contributed by atoms with E-state index in [-0.39, 0.29) is 16.8 Å². The lowest BCUT2D eigenvalue weighted by Crippen LogP contribution is -2.49. The monoisotopic (exact) mass is 366 g/mol. The summed E-state index contributed by atoms with van der Waals surface area (Å²) in [5, 5.41) is 2.65. The quantitative estimate of drug-likeness (QED) is 0.889. The maximum Gasteiger partial charge on any atom is 0.243 e. The van der Waals surface area contributed by atoms with Gasteiger partial charge in [0.25, 0.3) is 0 Å². The van der Waals surface area contributed by atoms with E-state index in [0.717, 1.165) is 32.1 Å². The van der Waals surface area contributed by atoms with E-state index in [1.807, 2.05) is 0 Å². The van der Waals surface area contributed by atoms with Crippen LogP contribution in [0.25, 0.3) is 0 Å². The fourth-order valence-electron chi connectivity index (χ4n) is 4.15. The first kappa shape index (κ1) is 18.2. The zero-order valence-corrected chi connectivity index (χ0v) is 15.6. The molecule has 1 amide bonds. The Morgan fingerprint density at radius 2 is 1.92 bits per heavy atom. The molecule has 0 aromatic heterocycles. The highest BCUT2D eigenvalue weighted by Crippen LogP contribution is 2.39. The van der Waals surface area contributed by atoms with Crippen molar-refractivity contribution < 1.29 is 17.9 Å². The van der Waals surface area contributed by atoms with E-state index < -0.39 is 10.0 Å². The number of hydrogen-bond donors (Lipinski definition) is 1. The van der Waals surface area contributed by atoms with Crippen LogP contribution in [0, 0.1) is 5.92 Å². The summed E-state index contributed by atoms with van der Waals surface area (Å²) in [6, 6.07) is 4.77. The molecule has 1 N–H and O–H groups in total. The Labute approximate surface area is 149 Å². The molecule has 6 nitrogen and oxygen atoms in total. The summed E-state index contributed by atoms with van der Waals surface area (Å²) in [5.41, 5.74) is 0.383. The van der Waals surface area contributed by atoms with Crippen molar-refractivity contribution in [3.63, 3.8) is 0 Å². The second-order valence-corrected chi connectivity index (χ2v) is 8.80. The molecule has 0 spiro atoms. The summed E-state index contributed by atoms with van der Waals surface area (Å²) < 4.78 is 33.4. The van der Waals surface area contributed by atoms with Crippen LogP contribution in [-0.4, -0.2) is 38.3 Å². The van der Waals surface area contributed by atoms with Gasteiger partial charge in [-0.3, -0.25) is 4.79 Å². The minimum atomic E-state index is -3.59. The largest absolute Gasteiger partial charge is 0.495 e. The van der Waals surface area contributed by atoms with Crippen LogP contribution in [0.15, 0.2) is 23.1 Å². The van der Waals surface area contributed by atoms with Gasteiger partial charge in [0.05, 0.1) is 17.7 Å². The van der Waals surface area contributed by atoms with Gasteiger partial charge in [0, 0.05) is 19.5 Å². The number of methoxy groups -OCH3 is 1. The molecule has 2 aliphatic rings. The first-order chi connectivity index (χ1) is 11.9. The van der Waals surface area contributed by atoms with Gasteiger partial charge in [-0.05, 0) is 49.8 Å². The SMILES string of the molecule is COc1ccc(S(=O)(=O)N2CCC[C@H]3CCCC[C@H]32)cc1NC(C)=O. The van der Waals surface area contributed by atoms with Crippen LogP contribution in [0.5, 0.6) is 5.75 Å². The highest BCUT2D eigenvalue weighted by molar-refractivity contribution is 7.89. The summed E-state index contributed by atoms with van der Waals surface area (Å²) in [5.74, 6) is 0.659. The van der Waals surface area contributed by atoms with Gasteiger partial charge in [0.2, 0.25) is 15.9 Å². The molecule has 3 rings (SSSR count). The van der Waals surface area contributed by atoms with Gasteiger partial charge >= 0.3 is 0 Å². The number of ether oxygens (including phenoxy) is 1. The minimum absolute atomic E-state index is 0.110. The molecule has 138 valence electrons. The number of piperidine rings is 1. The van der Waals surface area contributed by atoms with Crippen molar-refractivity contribution in [3.05, 3.63) is 18.2 Å². The molecule has 25 heavy (non-hydrogen) atoms. The van der Waals surface area contributed by atoms with Crippen LogP contribution in [0.1, 0.15) is 45.4 Å². The smallest absolute Gasteiger partial charge is 0.243 e. The van der Waals surface area contributed by atoms with Crippen molar-refractivity contribution >= 4 is 21.6 Å². The highest BCUT2D eigenvalue weighted by Gasteiger charge is 2.40. The average Bonchev–Trinajstić information content (AvgIpc) is 2.60. The summed E-state index contributed by atoms with van der Waals surface area (Å²) in [4.78, 5) is 11.6. The fraction of sp³-hybridized carbons (Fsp3) is 0.611. The Hall–Kier alpha value is -1.60. The molecule has 1 aliphatic heterocycles. The maximum atomic E-state index is 13.3. The molecular weight excluding hydrogens is 340 g/mol. The van der Waals surface area contributed by atoms with E-state index in [0.29, 0.717) is 23.9 Å². The zero-order valence-electron chi connectivity index (χ0n) is 14.8. The standard InChI is InChI=1S/C18H26N2O4S/c1-13(21)19-16-12-15(9-10-18(16)24-2)25(22,23)20-11-5-7-14-6-3-4-8-17(14)20/h9-10,12,14,17H,3-8,11H2,1-2H3,(H,19,21)/t14-,17-/m1/s1. The topological polar surface area (TPSA) is 75.7 Å². The Kier molecular flexibility index (Phi) is 5.34. The maximum absolute atomic E-state index is 13.3. The molecule has 1 saturated carbocycles. The molecule has 1 saturated heterocycles. The second kappa shape index (κ2) is 7.33. The number of carbonyl (C=O) groups is 1. The Bertz CT molecular complexity index is 745. The summed E-state index contributed by atoms with van der Waals surface area (Å²) in [7, 11) is -2.10. The van der Waals surface area contributed by atoms with Crippen LogP contribution in [0.2, 0.25) is 0 Å². The molecule has 0 radical (unpaired) electrons. The van der Waals surface area contributed by atoms with Gasteiger partial charge in [-0.25, -0.2) is 8.42 Å². The lowest BCUT2D eigenvalue weighted by Gasteiger charge is -2.43. The Balaban J connectivity index is 1.94. The van der Waals surface area contributed by atoms with Gasteiger partial charge in [-0.1, -0.05) is 12.8 Å². The molecule has 2 atom stereocenters. The zero-order chi connectivity index (χ0) is 18.0. The number of nitrogens with zero attached hydrogens (tertiary/aromatic N) is 1. The first-order valence-electron chi connectivity index (χ1n) is 8.91. The lowest BCUT2D eigenvalue weighted by molar-refractivity contribution is -0.114. The van der Waals surface area contributed by atoms with E-state index in [9.17, 15) is 13.2 Å². The number of nitrogens with one attached hydrogen (secondary N) is 1. The van der Waals surface area contributed by atoms with Crippen LogP contribution in [0.4, 0.5) is 5.69 Å². The number of amides is 1. The normalized spacial score (nSPS) is 24.4. The molecule has 2 fully saturated rings. The van der Waals surface area contributed by atoms with E-state index in [1.54, 1.807) is 16.4 Å². The van der Waals surface area contributed by atoms with Gasteiger partial charge in [0.15, 0.2) is 0 Å². The third kappa shape index (κ3) is 3.67. The number of sulfonamides is 1. The third-order valence-electron chi connectivity index (χ3n) is 5.28. The summed E-state index contributed by atoms with van der Waals surface area (Å²) >= 11 is 0. The predicted octanol–water partition coefficient (Wildman–Crippen LogP) is 3.00.